The molecule has 0 aromatic rings. The summed E-state index contributed by atoms with van der Waals surface area (Å²) in [5, 5.41) is 10.8. The van der Waals surface area contributed by atoms with Gasteiger partial charge in [-0.15, -0.1) is 0 Å². The summed E-state index contributed by atoms with van der Waals surface area (Å²) in [5.41, 5.74) is 0. The number of rotatable bonds is 4. The zero-order valence-electron chi connectivity index (χ0n) is 16.6. The van der Waals surface area contributed by atoms with Crippen molar-refractivity contribution in [2.45, 2.75) is 71.1 Å². The van der Waals surface area contributed by atoms with Crippen molar-refractivity contribution in [3.8, 4) is 23.7 Å². The fourth-order valence-corrected chi connectivity index (χ4v) is 3.06. The molecule has 2 aliphatic heterocycles. The number of aliphatic hydroxyl groups excluding tert-OH is 1. The van der Waals surface area contributed by atoms with Crippen LogP contribution in [0.5, 0.6) is 0 Å². The molecule has 1 spiro atoms. The molecule has 0 aromatic carbocycles. The minimum Gasteiger partial charge on any atom is -0.460 e. The first kappa shape index (κ1) is 21.8. The highest BCUT2D eigenvalue weighted by molar-refractivity contribution is 5.70. The van der Waals surface area contributed by atoms with Gasteiger partial charge in [-0.1, -0.05) is 25.7 Å². The normalized spacial score (nSPS) is 30.1. The Bertz CT molecular complexity index is 736. The molecule has 7 nitrogen and oxygen atoms in total. The molecule has 0 aliphatic carbocycles. The fraction of sp³-hybridized carbons (Fsp3) is 0.619. The van der Waals surface area contributed by atoms with E-state index in [0.29, 0.717) is 6.42 Å². The van der Waals surface area contributed by atoms with Gasteiger partial charge in [-0.2, -0.15) is 0 Å². The zero-order valence-corrected chi connectivity index (χ0v) is 16.6. The van der Waals surface area contributed by atoms with Crippen molar-refractivity contribution in [3.05, 3.63) is 11.8 Å². The van der Waals surface area contributed by atoms with Gasteiger partial charge in [0, 0.05) is 25.8 Å². The highest BCUT2D eigenvalue weighted by atomic mass is 16.7. The van der Waals surface area contributed by atoms with Gasteiger partial charge >= 0.3 is 11.9 Å². The molecule has 7 heteroatoms. The van der Waals surface area contributed by atoms with Gasteiger partial charge in [0.05, 0.1) is 6.61 Å². The second-order valence-electron chi connectivity index (χ2n) is 7.14. The first-order valence-electron chi connectivity index (χ1n) is 9.27. The molecule has 0 bridgehead atoms. The van der Waals surface area contributed by atoms with Crippen LogP contribution in [0.2, 0.25) is 0 Å². The van der Waals surface area contributed by atoms with E-state index in [4.69, 9.17) is 18.9 Å². The van der Waals surface area contributed by atoms with Crippen molar-refractivity contribution < 1.29 is 33.6 Å². The number of esters is 2. The molecule has 1 N–H and O–H groups in total. The van der Waals surface area contributed by atoms with Crippen LogP contribution in [-0.2, 0) is 28.5 Å². The molecular formula is C21H26O7. The lowest BCUT2D eigenvalue weighted by molar-refractivity contribution is -0.275. The van der Waals surface area contributed by atoms with Crippen LogP contribution in [-0.4, -0.2) is 47.8 Å². The second kappa shape index (κ2) is 9.64. The minimum absolute atomic E-state index is 0.0730. The summed E-state index contributed by atoms with van der Waals surface area (Å²) in [6.45, 7) is 6.86. The Balaban J connectivity index is 2.19. The van der Waals surface area contributed by atoms with Crippen LogP contribution >= 0.6 is 0 Å². The molecule has 4 unspecified atom stereocenters. The van der Waals surface area contributed by atoms with Crippen LogP contribution < -0.4 is 0 Å². The maximum Gasteiger partial charge on any atom is 0.306 e. The Morgan fingerprint density at radius 1 is 1.36 bits per heavy atom. The smallest absolute Gasteiger partial charge is 0.306 e. The average Bonchev–Trinajstić information content (AvgIpc) is 2.85. The van der Waals surface area contributed by atoms with Crippen molar-refractivity contribution in [2.75, 3.05) is 6.61 Å². The predicted molar refractivity (Wildman–Crippen MR) is 99.2 cm³/mol. The van der Waals surface area contributed by atoms with Crippen LogP contribution in [0, 0.1) is 29.6 Å². The third-order valence-corrected chi connectivity index (χ3v) is 4.28. The molecule has 0 saturated carbocycles. The largest absolute Gasteiger partial charge is 0.460 e. The summed E-state index contributed by atoms with van der Waals surface area (Å²) in [4.78, 5) is 23.3. The van der Waals surface area contributed by atoms with Crippen LogP contribution in [0.25, 0.3) is 0 Å². The quantitative estimate of drug-likeness (QED) is 0.577. The van der Waals surface area contributed by atoms with E-state index in [9.17, 15) is 14.7 Å². The highest BCUT2D eigenvalue weighted by Gasteiger charge is 2.57. The molecule has 4 atom stereocenters. The van der Waals surface area contributed by atoms with E-state index in [-0.39, 0.29) is 31.1 Å². The number of hydrogen-bond acceptors (Lipinski definition) is 7. The third-order valence-electron chi connectivity index (χ3n) is 4.28. The van der Waals surface area contributed by atoms with Gasteiger partial charge in [0.1, 0.15) is 6.10 Å². The number of hydrogen-bond donors (Lipinski definition) is 1. The molecule has 0 radical (unpaired) electrons. The van der Waals surface area contributed by atoms with E-state index in [1.807, 2.05) is 13.8 Å². The van der Waals surface area contributed by atoms with Crippen LogP contribution in [0.1, 0.15) is 47.0 Å². The van der Waals surface area contributed by atoms with Gasteiger partial charge in [-0.3, -0.25) is 9.59 Å². The van der Waals surface area contributed by atoms with Gasteiger partial charge in [-0.05, 0) is 31.1 Å². The summed E-state index contributed by atoms with van der Waals surface area (Å²) in [6.07, 6.45) is -0.308. The van der Waals surface area contributed by atoms with E-state index < -0.39 is 36.0 Å². The van der Waals surface area contributed by atoms with E-state index in [0.717, 1.165) is 0 Å². The molecule has 0 amide bonds. The SMILES string of the molecule is CC#CC#CC=C1OC2(CCC(OC(C)=O)CO2)C(O)C1OC(=O)CC(C)C. The van der Waals surface area contributed by atoms with Gasteiger partial charge in [0.25, 0.3) is 0 Å². The maximum atomic E-state index is 12.1. The number of aliphatic hydroxyl groups is 1. The Labute approximate surface area is 165 Å². The molecule has 2 aliphatic rings. The van der Waals surface area contributed by atoms with Crippen molar-refractivity contribution in [1.82, 2.24) is 0 Å². The number of carbonyl (C=O) groups excluding carboxylic acids is 2. The molecule has 0 aromatic heterocycles. The fourth-order valence-electron chi connectivity index (χ4n) is 3.06. The highest BCUT2D eigenvalue weighted by Crippen LogP contribution is 2.42. The lowest BCUT2D eigenvalue weighted by atomic mass is 9.97. The lowest BCUT2D eigenvalue weighted by Crippen LogP contribution is -2.51. The van der Waals surface area contributed by atoms with Crippen molar-refractivity contribution >= 4 is 11.9 Å². The van der Waals surface area contributed by atoms with Crippen LogP contribution in [0.4, 0.5) is 0 Å². The third kappa shape index (κ3) is 5.51. The Kier molecular flexibility index (Phi) is 7.51. The van der Waals surface area contributed by atoms with E-state index in [1.165, 1.54) is 13.0 Å². The molecule has 28 heavy (non-hydrogen) atoms. The van der Waals surface area contributed by atoms with Gasteiger partial charge in [0.2, 0.25) is 5.79 Å². The maximum absolute atomic E-state index is 12.1. The van der Waals surface area contributed by atoms with E-state index in [1.54, 1.807) is 6.92 Å². The van der Waals surface area contributed by atoms with Gasteiger partial charge in [0.15, 0.2) is 18.0 Å². The van der Waals surface area contributed by atoms with Gasteiger partial charge < -0.3 is 24.1 Å². The van der Waals surface area contributed by atoms with E-state index >= 15 is 0 Å². The van der Waals surface area contributed by atoms with Crippen molar-refractivity contribution in [2.24, 2.45) is 5.92 Å². The Hall–Kier alpha value is -2.48. The first-order chi connectivity index (χ1) is 13.3. The zero-order chi connectivity index (χ0) is 20.7. The molecule has 2 fully saturated rings. The topological polar surface area (TPSA) is 91.3 Å². The van der Waals surface area contributed by atoms with Gasteiger partial charge in [-0.25, -0.2) is 0 Å². The predicted octanol–water partition coefficient (Wildman–Crippen LogP) is 1.68. The number of carbonyl (C=O) groups is 2. The summed E-state index contributed by atoms with van der Waals surface area (Å²) >= 11 is 0. The summed E-state index contributed by atoms with van der Waals surface area (Å²) in [5.74, 6) is 8.69. The molecule has 152 valence electrons. The Morgan fingerprint density at radius 3 is 2.68 bits per heavy atom. The number of allylic oxidation sites excluding steroid dienone is 1. The van der Waals surface area contributed by atoms with Crippen molar-refractivity contribution in [3.63, 3.8) is 0 Å². The molecule has 2 heterocycles. The second-order valence-corrected chi connectivity index (χ2v) is 7.14. The Morgan fingerprint density at radius 2 is 2.11 bits per heavy atom. The minimum atomic E-state index is -1.37. The molecular weight excluding hydrogens is 364 g/mol. The van der Waals surface area contributed by atoms with E-state index in [2.05, 4.69) is 23.7 Å². The lowest BCUT2D eigenvalue weighted by Gasteiger charge is -2.37. The summed E-state index contributed by atoms with van der Waals surface area (Å²) in [6, 6.07) is 0. The first-order valence-corrected chi connectivity index (χ1v) is 9.27. The molecule has 2 rings (SSSR count). The van der Waals surface area contributed by atoms with Crippen LogP contribution in [0.15, 0.2) is 11.8 Å². The monoisotopic (exact) mass is 390 g/mol. The average molecular weight is 390 g/mol. The molecule has 2 saturated heterocycles. The summed E-state index contributed by atoms with van der Waals surface area (Å²) < 4.78 is 22.2. The standard InChI is InChI=1S/C21H26O7/c1-5-6-7-8-9-17-19(27-18(23)12-14(2)3)20(24)21(28-17)11-10-16(13-25-21)26-15(4)22/h9,14,16,19-20,24H,10-13H2,1-4H3. The van der Waals surface area contributed by atoms with Crippen molar-refractivity contribution in [1.29, 1.82) is 0 Å². The summed E-state index contributed by atoms with van der Waals surface area (Å²) in [7, 11) is 0. The number of ether oxygens (including phenoxy) is 4. The van der Waals surface area contributed by atoms with Crippen LogP contribution in [0.3, 0.4) is 0 Å².